The highest BCUT2D eigenvalue weighted by molar-refractivity contribution is 6.33. The lowest BCUT2D eigenvalue weighted by molar-refractivity contribution is -0.0678. The van der Waals surface area contributed by atoms with Gasteiger partial charge < -0.3 is 9.64 Å². The summed E-state index contributed by atoms with van der Waals surface area (Å²) in [6.45, 7) is 6.87. The van der Waals surface area contributed by atoms with Crippen molar-refractivity contribution >= 4 is 17.3 Å². The van der Waals surface area contributed by atoms with Crippen LogP contribution in [0.3, 0.4) is 0 Å². The van der Waals surface area contributed by atoms with Crippen LogP contribution in [-0.4, -0.2) is 54.4 Å². The Morgan fingerprint density at radius 1 is 1.07 bits per heavy atom. The molecule has 0 N–H and O–H groups in total. The van der Waals surface area contributed by atoms with Crippen LogP contribution in [0.1, 0.15) is 6.92 Å². The summed E-state index contributed by atoms with van der Waals surface area (Å²) in [5, 5.41) is 14.2. The average molecular weight is 385 g/mol. The van der Waals surface area contributed by atoms with Gasteiger partial charge in [0.15, 0.2) is 5.82 Å². The zero-order valence-electron chi connectivity index (χ0n) is 15.2. The minimum Gasteiger partial charge on any atom is -0.379 e. The van der Waals surface area contributed by atoms with Crippen LogP contribution >= 0.6 is 11.6 Å². The first-order valence-electron chi connectivity index (χ1n) is 9.14. The van der Waals surface area contributed by atoms with Gasteiger partial charge >= 0.3 is 0 Å². The van der Waals surface area contributed by atoms with Gasteiger partial charge in [-0.1, -0.05) is 29.3 Å². The van der Waals surface area contributed by atoms with Gasteiger partial charge in [0.05, 0.1) is 30.1 Å². The van der Waals surface area contributed by atoms with Crippen LogP contribution in [0.4, 0.5) is 5.69 Å². The molecular formula is C19H21ClN6O. The predicted molar refractivity (Wildman–Crippen MR) is 103 cm³/mol. The molecule has 0 unspecified atom stereocenters. The van der Waals surface area contributed by atoms with Crippen molar-refractivity contribution in [3.63, 3.8) is 0 Å². The Balaban J connectivity index is 1.51. The first-order chi connectivity index (χ1) is 13.2. The van der Waals surface area contributed by atoms with E-state index in [1.807, 2.05) is 18.2 Å². The summed E-state index contributed by atoms with van der Waals surface area (Å²) in [4.78, 5) is 4.45. The van der Waals surface area contributed by atoms with Crippen LogP contribution in [0.15, 0.2) is 69.7 Å². The number of azo groups is 1. The molecule has 1 aromatic rings. The van der Waals surface area contributed by atoms with Crippen molar-refractivity contribution in [1.29, 1.82) is 0 Å². The maximum absolute atomic E-state index is 6.53. The number of hydrogen-bond donors (Lipinski definition) is 0. The monoisotopic (exact) mass is 384 g/mol. The zero-order valence-corrected chi connectivity index (χ0v) is 15.9. The quantitative estimate of drug-likeness (QED) is 0.782. The van der Waals surface area contributed by atoms with E-state index in [0.717, 1.165) is 60.9 Å². The molecule has 0 radical (unpaired) electrons. The summed E-state index contributed by atoms with van der Waals surface area (Å²) in [5.41, 5.74) is 3.09. The smallest absolute Gasteiger partial charge is 0.176 e. The molecule has 7 nitrogen and oxygen atoms in total. The van der Waals surface area contributed by atoms with E-state index in [-0.39, 0.29) is 0 Å². The van der Waals surface area contributed by atoms with Crippen molar-refractivity contribution in [2.24, 2.45) is 10.2 Å². The molecule has 0 amide bonds. The van der Waals surface area contributed by atoms with Crippen molar-refractivity contribution in [2.45, 2.75) is 6.92 Å². The lowest BCUT2D eigenvalue weighted by Crippen LogP contribution is -2.48. The molecule has 27 heavy (non-hydrogen) atoms. The summed E-state index contributed by atoms with van der Waals surface area (Å²) < 4.78 is 5.48. The standard InChI is InChI=1S/C19H21ClN6O/c1-14-10-16-19(25(11-14)17-5-3-2-4-15(17)20)26-13-24(12-18(26)22-21-16)23-6-8-27-9-7-23/h2-5,10,12H,6-9,11,13H2,1H3. The molecule has 0 spiro atoms. The lowest BCUT2D eigenvalue weighted by Gasteiger charge is -2.40. The maximum Gasteiger partial charge on any atom is 0.176 e. The minimum atomic E-state index is 0.709. The third-order valence-electron chi connectivity index (χ3n) is 5.11. The molecule has 1 fully saturated rings. The molecule has 0 atom stereocenters. The van der Waals surface area contributed by atoms with Gasteiger partial charge in [0, 0.05) is 19.6 Å². The maximum atomic E-state index is 6.53. The van der Waals surface area contributed by atoms with Gasteiger partial charge in [-0.05, 0) is 25.1 Å². The van der Waals surface area contributed by atoms with E-state index in [0.29, 0.717) is 6.67 Å². The van der Waals surface area contributed by atoms with Crippen LogP contribution in [0, 0.1) is 0 Å². The van der Waals surface area contributed by atoms with Gasteiger partial charge in [0.2, 0.25) is 0 Å². The first kappa shape index (κ1) is 16.8. The normalized spacial score (nSPS) is 22.7. The second-order valence-corrected chi connectivity index (χ2v) is 7.41. The summed E-state index contributed by atoms with van der Waals surface area (Å²) in [6, 6.07) is 7.95. The Kier molecular flexibility index (Phi) is 4.15. The number of fused-ring (bicyclic) bond motifs is 2. The molecule has 5 rings (SSSR count). The zero-order chi connectivity index (χ0) is 18.4. The summed E-state index contributed by atoms with van der Waals surface area (Å²) in [6.07, 6.45) is 4.18. The van der Waals surface area contributed by atoms with E-state index in [4.69, 9.17) is 16.3 Å². The van der Waals surface area contributed by atoms with Gasteiger partial charge in [-0.2, -0.15) is 0 Å². The average Bonchev–Trinajstić information content (AvgIpc) is 3.13. The van der Waals surface area contributed by atoms with Crippen LogP contribution < -0.4 is 4.90 Å². The Labute approximate surface area is 163 Å². The summed E-state index contributed by atoms with van der Waals surface area (Å²) in [7, 11) is 0. The number of rotatable bonds is 2. The van der Waals surface area contributed by atoms with E-state index < -0.39 is 0 Å². The fourth-order valence-electron chi connectivity index (χ4n) is 3.84. The third-order valence-corrected chi connectivity index (χ3v) is 5.43. The van der Waals surface area contributed by atoms with Crippen molar-refractivity contribution in [1.82, 2.24) is 14.9 Å². The third kappa shape index (κ3) is 2.92. The Bertz CT molecular complexity index is 886. The minimum absolute atomic E-state index is 0.709. The van der Waals surface area contributed by atoms with Crippen LogP contribution in [0.5, 0.6) is 0 Å². The predicted octanol–water partition coefficient (Wildman–Crippen LogP) is 3.36. The number of morpholine rings is 1. The Morgan fingerprint density at radius 2 is 1.89 bits per heavy atom. The van der Waals surface area contributed by atoms with Crippen molar-refractivity contribution in [2.75, 3.05) is 44.4 Å². The summed E-state index contributed by atoms with van der Waals surface area (Å²) >= 11 is 6.53. The van der Waals surface area contributed by atoms with Crippen molar-refractivity contribution < 1.29 is 4.74 Å². The molecule has 4 aliphatic rings. The number of benzene rings is 1. The number of nitrogens with zero attached hydrogens (tertiary/aromatic N) is 6. The highest BCUT2D eigenvalue weighted by Crippen LogP contribution is 2.40. The molecule has 0 aliphatic carbocycles. The van der Waals surface area contributed by atoms with Gasteiger partial charge in [0.25, 0.3) is 0 Å². The fourth-order valence-corrected chi connectivity index (χ4v) is 4.07. The van der Waals surface area contributed by atoms with E-state index in [1.54, 1.807) is 0 Å². The number of hydrazine groups is 1. The molecule has 8 heteroatoms. The molecule has 140 valence electrons. The number of halogens is 1. The Hall–Kier alpha value is -2.35. The van der Waals surface area contributed by atoms with Gasteiger partial charge in [0.1, 0.15) is 18.2 Å². The molecule has 0 bridgehead atoms. The highest BCUT2D eigenvalue weighted by atomic mass is 35.5. The topological polar surface area (TPSA) is 46.9 Å². The van der Waals surface area contributed by atoms with E-state index in [2.05, 4.69) is 55.3 Å². The van der Waals surface area contributed by atoms with Gasteiger partial charge in [-0.3, -0.25) is 9.91 Å². The van der Waals surface area contributed by atoms with E-state index in [9.17, 15) is 0 Å². The second kappa shape index (κ2) is 6.67. The van der Waals surface area contributed by atoms with Crippen LogP contribution in [-0.2, 0) is 4.74 Å². The summed E-state index contributed by atoms with van der Waals surface area (Å²) in [5.74, 6) is 1.89. The molecule has 4 heterocycles. The lowest BCUT2D eigenvalue weighted by atomic mass is 10.1. The number of anilines is 1. The number of allylic oxidation sites excluding steroid dienone is 1. The fraction of sp³-hybridized carbons (Fsp3) is 0.368. The SMILES string of the molecule is CC1=CC2=C(N3CN(N4CCOCC4)C=C3N=N2)N(c2ccccc2Cl)C1. The molecule has 0 aromatic heterocycles. The van der Waals surface area contributed by atoms with E-state index in [1.165, 1.54) is 5.57 Å². The highest BCUT2D eigenvalue weighted by Gasteiger charge is 2.37. The number of para-hydroxylation sites is 1. The molecule has 0 saturated carbocycles. The van der Waals surface area contributed by atoms with Crippen molar-refractivity contribution in [3.8, 4) is 0 Å². The Morgan fingerprint density at radius 3 is 2.70 bits per heavy atom. The molecule has 1 aromatic carbocycles. The molecule has 1 saturated heterocycles. The first-order valence-corrected chi connectivity index (χ1v) is 9.52. The number of ether oxygens (including phenoxy) is 1. The second-order valence-electron chi connectivity index (χ2n) is 7.00. The van der Waals surface area contributed by atoms with Crippen molar-refractivity contribution in [3.05, 3.63) is 64.5 Å². The van der Waals surface area contributed by atoms with Crippen LogP contribution in [0.2, 0.25) is 5.02 Å². The van der Waals surface area contributed by atoms with Gasteiger partial charge in [-0.15, -0.1) is 10.2 Å². The van der Waals surface area contributed by atoms with E-state index >= 15 is 0 Å². The van der Waals surface area contributed by atoms with Crippen LogP contribution in [0.25, 0.3) is 0 Å². The molecule has 4 aliphatic heterocycles. The molecular weight excluding hydrogens is 364 g/mol. The largest absolute Gasteiger partial charge is 0.379 e. The van der Waals surface area contributed by atoms with Gasteiger partial charge in [-0.25, -0.2) is 5.01 Å². The number of hydrogen-bond acceptors (Lipinski definition) is 7.